The van der Waals surface area contributed by atoms with Crippen LogP contribution in [0.3, 0.4) is 0 Å². The molecule has 0 aromatic heterocycles. The van der Waals surface area contributed by atoms with E-state index in [0.717, 1.165) is 0 Å². The molecule has 0 aliphatic carbocycles. The van der Waals surface area contributed by atoms with E-state index in [1.165, 1.54) is 11.1 Å². The normalized spacial score (nSPS) is 13.2. The molecule has 5 nitrogen and oxygen atoms in total. The van der Waals surface area contributed by atoms with Crippen molar-refractivity contribution in [1.29, 1.82) is 0 Å². The van der Waals surface area contributed by atoms with E-state index in [4.69, 9.17) is 9.79 Å². The standard InChI is InChI=1S/C14H12.H4O5P2/c1-3-7-13(8-4-1)11-12-14-9-5-2-6-10-14;1-6(2)5-7(3)4/h1-12H;6-7H,(H,1,2)(H,3,4). The van der Waals surface area contributed by atoms with Gasteiger partial charge in [0.2, 0.25) is 0 Å². The summed E-state index contributed by atoms with van der Waals surface area (Å²) < 4.78 is 22.3. The molecule has 2 rings (SSSR count). The predicted molar refractivity (Wildman–Crippen MR) is 85.3 cm³/mol. The van der Waals surface area contributed by atoms with Gasteiger partial charge in [0, 0.05) is 0 Å². The van der Waals surface area contributed by atoms with E-state index in [0.29, 0.717) is 0 Å². The molecule has 2 unspecified atom stereocenters. The summed E-state index contributed by atoms with van der Waals surface area (Å²) in [5.74, 6) is 0. The van der Waals surface area contributed by atoms with E-state index in [2.05, 4.69) is 40.7 Å². The Bertz CT molecular complexity index is 546. The molecule has 2 atom stereocenters. The molecule has 0 saturated carbocycles. The largest absolute Gasteiger partial charge is 0.326 e. The van der Waals surface area contributed by atoms with E-state index >= 15 is 0 Å². The first kappa shape index (κ1) is 17.6. The van der Waals surface area contributed by atoms with Crippen molar-refractivity contribution >= 4 is 28.7 Å². The third-order valence-corrected chi connectivity index (χ3v) is 3.64. The lowest BCUT2D eigenvalue weighted by atomic mass is 10.1. The van der Waals surface area contributed by atoms with Gasteiger partial charge in [0.05, 0.1) is 0 Å². The lowest BCUT2D eigenvalue weighted by Crippen LogP contribution is -1.70. The maximum atomic E-state index is 9.44. The van der Waals surface area contributed by atoms with Crippen molar-refractivity contribution in [2.45, 2.75) is 0 Å². The van der Waals surface area contributed by atoms with Crippen molar-refractivity contribution in [3.05, 3.63) is 71.8 Å². The van der Waals surface area contributed by atoms with Crippen LogP contribution in [0.5, 0.6) is 0 Å². The summed E-state index contributed by atoms with van der Waals surface area (Å²) in [6, 6.07) is 20.6. The summed E-state index contributed by atoms with van der Waals surface area (Å²) in [7, 11) is -6.40. The molecule has 2 aromatic rings. The van der Waals surface area contributed by atoms with Crippen molar-refractivity contribution in [1.82, 2.24) is 0 Å². The molecule has 0 saturated heterocycles. The summed E-state index contributed by atoms with van der Waals surface area (Å²) in [5.41, 5.74) is 2.47. The van der Waals surface area contributed by atoms with Gasteiger partial charge >= 0.3 is 16.5 Å². The molecule has 0 radical (unpaired) electrons. The monoisotopic (exact) mass is 326 g/mol. The van der Waals surface area contributed by atoms with Crippen LogP contribution < -0.4 is 0 Å². The van der Waals surface area contributed by atoms with Crippen molar-refractivity contribution in [2.75, 3.05) is 0 Å². The third kappa shape index (κ3) is 9.14. The Morgan fingerprint density at radius 2 is 1.05 bits per heavy atom. The molecule has 2 aromatic carbocycles. The average Bonchev–Trinajstić information content (AvgIpc) is 2.46. The average molecular weight is 326 g/mol. The number of benzene rings is 2. The number of hydrogen-bond donors (Lipinski definition) is 2. The van der Waals surface area contributed by atoms with Crippen molar-refractivity contribution in [3.63, 3.8) is 0 Å². The van der Waals surface area contributed by atoms with Crippen LogP contribution in [0.15, 0.2) is 60.7 Å². The van der Waals surface area contributed by atoms with Crippen molar-refractivity contribution in [2.24, 2.45) is 0 Å². The Kier molecular flexibility index (Phi) is 8.60. The molecular weight excluding hydrogens is 310 g/mol. The molecule has 0 heterocycles. The summed E-state index contributed by atoms with van der Waals surface area (Å²) in [5, 5.41) is 0. The van der Waals surface area contributed by atoms with Crippen LogP contribution >= 0.6 is 16.5 Å². The van der Waals surface area contributed by atoms with Gasteiger partial charge in [-0.3, -0.25) is 9.13 Å². The Morgan fingerprint density at radius 3 is 1.29 bits per heavy atom. The lowest BCUT2D eigenvalue weighted by molar-refractivity contribution is 0.371. The highest BCUT2D eigenvalue weighted by atomic mass is 31.2. The maximum absolute atomic E-state index is 9.44. The molecule has 0 spiro atoms. The van der Waals surface area contributed by atoms with E-state index in [9.17, 15) is 9.13 Å². The molecule has 112 valence electrons. The minimum absolute atomic E-state index is 1.23. The molecule has 0 fully saturated rings. The van der Waals surface area contributed by atoms with E-state index in [1.54, 1.807) is 0 Å². The highest BCUT2D eigenvalue weighted by Gasteiger charge is 1.93. The van der Waals surface area contributed by atoms with Gasteiger partial charge in [0.25, 0.3) is 0 Å². The fraction of sp³-hybridized carbons (Fsp3) is 0. The quantitative estimate of drug-likeness (QED) is 0.662. The first-order chi connectivity index (χ1) is 10.1. The Labute approximate surface area is 124 Å². The van der Waals surface area contributed by atoms with Gasteiger partial charge in [0.1, 0.15) is 0 Å². The van der Waals surface area contributed by atoms with Crippen LogP contribution in [-0.2, 0) is 13.4 Å². The molecule has 0 aliphatic rings. The second-order valence-corrected chi connectivity index (χ2v) is 5.67. The first-order valence-electron chi connectivity index (χ1n) is 6.00. The molecule has 0 amide bonds. The summed E-state index contributed by atoms with van der Waals surface area (Å²) in [4.78, 5) is 15.4. The topological polar surface area (TPSA) is 83.8 Å². The molecule has 0 aliphatic heterocycles. The van der Waals surface area contributed by atoms with Crippen LogP contribution in [0.25, 0.3) is 12.2 Å². The van der Waals surface area contributed by atoms with E-state index in [-0.39, 0.29) is 0 Å². The van der Waals surface area contributed by atoms with Crippen LogP contribution in [0.4, 0.5) is 0 Å². The Morgan fingerprint density at radius 1 is 0.714 bits per heavy atom. The van der Waals surface area contributed by atoms with Gasteiger partial charge < -0.3 is 9.79 Å². The molecule has 0 bridgehead atoms. The fourth-order valence-electron chi connectivity index (χ4n) is 1.40. The SMILES string of the molecule is C(=Cc1ccccc1)c1ccccc1.O=[PH](O)O[PH](=O)O. The van der Waals surface area contributed by atoms with Crippen LogP contribution in [0.1, 0.15) is 11.1 Å². The number of hydrogen-bond acceptors (Lipinski definition) is 3. The van der Waals surface area contributed by atoms with E-state index in [1.807, 2.05) is 36.4 Å². The van der Waals surface area contributed by atoms with Crippen LogP contribution in [0, 0.1) is 0 Å². The number of rotatable bonds is 4. The van der Waals surface area contributed by atoms with Crippen molar-refractivity contribution in [3.8, 4) is 0 Å². The van der Waals surface area contributed by atoms with Gasteiger partial charge in [-0.15, -0.1) is 0 Å². The van der Waals surface area contributed by atoms with E-state index < -0.39 is 16.5 Å². The molecule has 21 heavy (non-hydrogen) atoms. The van der Waals surface area contributed by atoms with Crippen LogP contribution in [0.2, 0.25) is 0 Å². The third-order valence-electron chi connectivity index (χ3n) is 2.24. The maximum Gasteiger partial charge on any atom is 0.323 e. The molecular formula is C14H16O5P2. The summed E-state index contributed by atoms with van der Waals surface area (Å²) in [6.07, 6.45) is 4.24. The summed E-state index contributed by atoms with van der Waals surface area (Å²) >= 11 is 0. The zero-order valence-corrected chi connectivity index (χ0v) is 13.0. The van der Waals surface area contributed by atoms with Gasteiger partial charge in [-0.1, -0.05) is 72.8 Å². The van der Waals surface area contributed by atoms with Gasteiger partial charge in [-0.2, -0.15) is 0 Å². The highest BCUT2D eigenvalue weighted by Crippen LogP contribution is 2.30. The fourth-order valence-corrected chi connectivity index (χ4v) is 1.99. The van der Waals surface area contributed by atoms with Crippen molar-refractivity contribution < 1.29 is 23.2 Å². The van der Waals surface area contributed by atoms with Gasteiger partial charge in [-0.25, -0.2) is 4.31 Å². The lowest BCUT2D eigenvalue weighted by Gasteiger charge is -1.92. The minimum atomic E-state index is -3.20. The van der Waals surface area contributed by atoms with Crippen LogP contribution in [-0.4, -0.2) is 9.79 Å². The Balaban J connectivity index is 0.000000270. The smallest absolute Gasteiger partial charge is 0.323 e. The zero-order chi connectivity index (χ0) is 15.5. The summed E-state index contributed by atoms with van der Waals surface area (Å²) in [6.45, 7) is 0. The molecule has 2 N–H and O–H groups in total. The second-order valence-electron chi connectivity index (χ2n) is 3.79. The zero-order valence-electron chi connectivity index (χ0n) is 11.0. The van der Waals surface area contributed by atoms with Gasteiger partial charge in [-0.05, 0) is 11.1 Å². The minimum Gasteiger partial charge on any atom is -0.326 e. The second kappa shape index (κ2) is 10.3. The highest BCUT2D eigenvalue weighted by molar-refractivity contribution is 7.46. The molecule has 7 heteroatoms. The Hall–Kier alpha value is -1.48. The predicted octanol–water partition coefficient (Wildman–Crippen LogP) is 3.62. The first-order valence-corrected chi connectivity index (χ1v) is 8.52. The van der Waals surface area contributed by atoms with Gasteiger partial charge in [0.15, 0.2) is 0 Å².